The molecular weight excluding hydrogens is 368 g/mol. The van der Waals surface area contributed by atoms with Crippen molar-refractivity contribution in [3.05, 3.63) is 75.2 Å². The van der Waals surface area contributed by atoms with E-state index in [1.165, 1.54) is 10.5 Å². The van der Waals surface area contributed by atoms with Crippen LogP contribution in [0.25, 0.3) is 11.7 Å². The Labute approximate surface area is 167 Å². The first-order valence-corrected chi connectivity index (χ1v) is 9.11. The van der Waals surface area contributed by atoms with Gasteiger partial charge in [0.15, 0.2) is 0 Å². The van der Waals surface area contributed by atoms with E-state index in [9.17, 15) is 14.9 Å². The van der Waals surface area contributed by atoms with E-state index in [0.717, 1.165) is 11.1 Å². The summed E-state index contributed by atoms with van der Waals surface area (Å²) in [5.41, 5.74) is 1.71. The molecule has 0 saturated carbocycles. The predicted octanol–water partition coefficient (Wildman–Crippen LogP) is 3.15. The Kier molecular flexibility index (Phi) is 5.74. The first kappa shape index (κ1) is 19.8. The number of nitriles is 1. The van der Waals surface area contributed by atoms with Crippen LogP contribution in [0.4, 0.5) is 0 Å². The SMILES string of the molecule is CCNC(=O)C(C#N)=Cc1c(Oc2cccc(C)c2C)nc2ccccn2c1=O. The van der Waals surface area contributed by atoms with Crippen LogP contribution in [0.1, 0.15) is 23.6 Å². The zero-order valence-electron chi connectivity index (χ0n) is 16.4. The average Bonchev–Trinajstić information content (AvgIpc) is 2.71. The fourth-order valence-corrected chi connectivity index (χ4v) is 2.77. The van der Waals surface area contributed by atoms with Crippen LogP contribution in [-0.4, -0.2) is 21.8 Å². The molecule has 1 amide bonds. The minimum Gasteiger partial charge on any atom is -0.438 e. The van der Waals surface area contributed by atoms with Crippen molar-refractivity contribution in [3.8, 4) is 17.7 Å². The molecule has 2 heterocycles. The average molecular weight is 388 g/mol. The number of likely N-dealkylation sites (N-methyl/N-ethyl adjacent to an activating group) is 1. The van der Waals surface area contributed by atoms with E-state index in [4.69, 9.17) is 4.74 Å². The topological polar surface area (TPSA) is 96.5 Å². The Morgan fingerprint density at radius 3 is 2.79 bits per heavy atom. The van der Waals surface area contributed by atoms with Crippen molar-refractivity contribution in [2.24, 2.45) is 0 Å². The van der Waals surface area contributed by atoms with Crippen LogP contribution in [0, 0.1) is 25.2 Å². The molecule has 29 heavy (non-hydrogen) atoms. The van der Waals surface area contributed by atoms with Gasteiger partial charge < -0.3 is 10.1 Å². The van der Waals surface area contributed by atoms with Gasteiger partial charge in [-0.15, -0.1) is 0 Å². The summed E-state index contributed by atoms with van der Waals surface area (Å²) in [5, 5.41) is 12.0. The van der Waals surface area contributed by atoms with Gasteiger partial charge in [-0.25, -0.2) is 0 Å². The maximum absolute atomic E-state index is 13.1. The molecule has 146 valence electrons. The highest BCUT2D eigenvalue weighted by atomic mass is 16.5. The zero-order valence-corrected chi connectivity index (χ0v) is 16.4. The number of aromatic nitrogens is 2. The first-order valence-electron chi connectivity index (χ1n) is 9.11. The fraction of sp³-hybridized carbons (Fsp3) is 0.182. The Bertz CT molecular complexity index is 1220. The Hall–Kier alpha value is -3.92. The molecule has 0 bridgehead atoms. The summed E-state index contributed by atoms with van der Waals surface area (Å²) in [6, 6.07) is 12.6. The number of aryl methyl sites for hydroxylation is 1. The van der Waals surface area contributed by atoms with Gasteiger partial charge in [0.2, 0.25) is 5.88 Å². The number of nitrogens with zero attached hydrogens (tertiary/aromatic N) is 3. The van der Waals surface area contributed by atoms with Crippen molar-refractivity contribution in [1.82, 2.24) is 14.7 Å². The highest BCUT2D eigenvalue weighted by Gasteiger charge is 2.17. The van der Waals surface area contributed by atoms with Crippen molar-refractivity contribution in [2.75, 3.05) is 6.54 Å². The lowest BCUT2D eigenvalue weighted by Gasteiger charge is -2.13. The molecule has 2 aromatic heterocycles. The van der Waals surface area contributed by atoms with Crippen LogP contribution in [0.2, 0.25) is 0 Å². The van der Waals surface area contributed by atoms with E-state index in [-0.39, 0.29) is 17.0 Å². The fourth-order valence-electron chi connectivity index (χ4n) is 2.77. The molecule has 1 N–H and O–H groups in total. The van der Waals surface area contributed by atoms with Crippen LogP contribution in [-0.2, 0) is 4.79 Å². The second-order valence-electron chi connectivity index (χ2n) is 6.39. The minimum absolute atomic E-state index is 0.0254. The lowest BCUT2D eigenvalue weighted by atomic mass is 10.1. The Morgan fingerprint density at radius 1 is 1.28 bits per heavy atom. The monoisotopic (exact) mass is 388 g/mol. The van der Waals surface area contributed by atoms with Crippen molar-refractivity contribution in [2.45, 2.75) is 20.8 Å². The summed E-state index contributed by atoms with van der Waals surface area (Å²) in [5.74, 6) is 0.0144. The van der Waals surface area contributed by atoms with E-state index in [2.05, 4.69) is 10.3 Å². The maximum Gasteiger partial charge on any atom is 0.269 e. The molecule has 1 aromatic carbocycles. The molecule has 3 aromatic rings. The van der Waals surface area contributed by atoms with Crippen molar-refractivity contribution in [3.63, 3.8) is 0 Å². The van der Waals surface area contributed by atoms with Crippen LogP contribution in [0.5, 0.6) is 11.6 Å². The van der Waals surface area contributed by atoms with Crippen LogP contribution in [0.3, 0.4) is 0 Å². The van der Waals surface area contributed by atoms with Gasteiger partial charge in [-0.2, -0.15) is 10.2 Å². The summed E-state index contributed by atoms with van der Waals surface area (Å²) in [6.07, 6.45) is 2.79. The van der Waals surface area contributed by atoms with Crippen molar-refractivity contribution >= 4 is 17.6 Å². The highest BCUT2D eigenvalue weighted by molar-refractivity contribution is 6.01. The summed E-state index contributed by atoms with van der Waals surface area (Å²) in [6.45, 7) is 5.96. The van der Waals surface area contributed by atoms with Gasteiger partial charge in [0.05, 0.1) is 0 Å². The van der Waals surface area contributed by atoms with Crippen LogP contribution >= 0.6 is 0 Å². The van der Waals surface area contributed by atoms with Gasteiger partial charge in [0, 0.05) is 12.7 Å². The molecule has 0 unspecified atom stereocenters. The van der Waals surface area contributed by atoms with Gasteiger partial charge in [-0.3, -0.25) is 14.0 Å². The molecule has 7 nitrogen and oxygen atoms in total. The van der Waals surface area contributed by atoms with Gasteiger partial charge in [0.1, 0.15) is 28.6 Å². The third-order valence-corrected chi connectivity index (χ3v) is 4.49. The van der Waals surface area contributed by atoms with Crippen LogP contribution in [0.15, 0.2) is 53.0 Å². The van der Waals surface area contributed by atoms with E-state index in [1.54, 1.807) is 37.4 Å². The first-order chi connectivity index (χ1) is 14.0. The molecule has 0 atom stereocenters. The third-order valence-electron chi connectivity index (χ3n) is 4.49. The zero-order chi connectivity index (χ0) is 21.0. The highest BCUT2D eigenvalue weighted by Crippen LogP contribution is 2.28. The lowest BCUT2D eigenvalue weighted by Crippen LogP contribution is -2.25. The Balaban J connectivity index is 2.24. The molecule has 0 aliphatic rings. The van der Waals surface area contributed by atoms with Gasteiger partial charge in [0.25, 0.3) is 11.5 Å². The third kappa shape index (κ3) is 4.01. The van der Waals surface area contributed by atoms with E-state index < -0.39 is 11.5 Å². The van der Waals surface area contributed by atoms with E-state index >= 15 is 0 Å². The normalized spacial score (nSPS) is 11.2. The number of benzene rings is 1. The number of pyridine rings is 1. The number of carbonyl (C=O) groups is 1. The van der Waals surface area contributed by atoms with Gasteiger partial charge >= 0.3 is 0 Å². The Morgan fingerprint density at radius 2 is 2.07 bits per heavy atom. The molecule has 0 radical (unpaired) electrons. The van der Waals surface area contributed by atoms with Crippen molar-refractivity contribution in [1.29, 1.82) is 5.26 Å². The van der Waals surface area contributed by atoms with Gasteiger partial charge in [-0.05, 0) is 56.2 Å². The van der Waals surface area contributed by atoms with Crippen LogP contribution < -0.4 is 15.6 Å². The molecular formula is C22H20N4O3. The molecule has 7 heteroatoms. The summed E-state index contributed by atoms with van der Waals surface area (Å²) in [7, 11) is 0. The molecule has 0 aliphatic carbocycles. The molecule has 3 rings (SSSR count). The molecule has 0 saturated heterocycles. The number of carbonyl (C=O) groups excluding carboxylic acids is 1. The number of amides is 1. The summed E-state index contributed by atoms with van der Waals surface area (Å²) < 4.78 is 7.33. The smallest absolute Gasteiger partial charge is 0.269 e. The number of rotatable bonds is 5. The number of ether oxygens (including phenoxy) is 1. The molecule has 0 aliphatic heterocycles. The number of hydrogen-bond acceptors (Lipinski definition) is 5. The van der Waals surface area contributed by atoms with E-state index in [1.807, 2.05) is 32.0 Å². The summed E-state index contributed by atoms with van der Waals surface area (Å²) >= 11 is 0. The second kappa shape index (κ2) is 8.40. The minimum atomic E-state index is -0.565. The largest absolute Gasteiger partial charge is 0.438 e. The second-order valence-corrected chi connectivity index (χ2v) is 6.39. The lowest BCUT2D eigenvalue weighted by molar-refractivity contribution is -0.116. The van der Waals surface area contributed by atoms with Gasteiger partial charge in [-0.1, -0.05) is 18.2 Å². The number of nitrogens with one attached hydrogen (secondary N) is 1. The standard InChI is InChI=1S/C22H20N4O3/c1-4-24-20(27)16(13-23)12-17-21(29-18-9-7-8-14(2)15(18)3)25-19-10-5-6-11-26(19)22(17)28/h5-12H,4H2,1-3H3,(H,24,27). The quantitative estimate of drug-likeness (QED) is 0.535. The number of fused-ring (bicyclic) bond motifs is 1. The van der Waals surface area contributed by atoms with E-state index in [0.29, 0.717) is 17.9 Å². The molecule has 0 fully saturated rings. The van der Waals surface area contributed by atoms with Crippen molar-refractivity contribution < 1.29 is 9.53 Å². The number of hydrogen-bond donors (Lipinski definition) is 1. The maximum atomic E-state index is 13.1. The summed E-state index contributed by atoms with van der Waals surface area (Å²) in [4.78, 5) is 29.7. The predicted molar refractivity (Wildman–Crippen MR) is 110 cm³/mol. The molecule has 0 spiro atoms.